The zero-order valence-electron chi connectivity index (χ0n) is 17.5. The summed E-state index contributed by atoms with van der Waals surface area (Å²) in [5.41, 5.74) is 1.85. The molecule has 1 aliphatic heterocycles. The van der Waals surface area contributed by atoms with Gasteiger partial charge in [0.25, 0.3) is 5.91 Å². The molecule has 1 aromatic heterocycles. The lowest BCUT2D eigenvalue weighted by Gasteiger charge is -2.29. The van der Waals surface area contributed by atoms with Gasteiger partial charge in [-0.1, -0.05) is 20.8 Å². The van der Waals surface area contributed by atoms with Crippen LogP contribution in [-0.2, 0) is 17.9 Å². The van der Waals surface area contributed by atoms with Crippen molar-refractivity contribution in [2.45, 2.75) is 46.8 Å². The predicted octanol–water partition coefficient (Wildman–Crippen LogP) is 1.99. The van der Waals surface area contributed by atoms with Crippen LogP contribution < -0.4 is 16.0 Å². The summed E-state index contributed by atoms with van der Waals surface area (Å²) in [7, 11) is 1.55. The topological polar surface area (TPSA) is 88.1 Å². The number of nitrogens with zero attached hydrogens (tertiary/aromatic N) is 2. The largest absolute Gasteiger partial charge is 0.357 e. The van der Waals surface area contributed by atoms with Gasteiger partial charge in [-0.25, -0.2) is 9.37 Å². The fraction of sp³-hybridized carbons (Fsp3) is 0.476. The van der Waals surface area contributed by atoms with Crippen LogP contribution in [0.25, 0.3) is 11.4 Å². The fourth-order valence-corrected chi connectivity index (χ4v) is 3.51. The minimum Gasteiger partial charge on any atom is -0.357 e. The Balaban J connectivity index is 2.01. The molecule has 0 aliphatic carbocycles. The first kappa shape index (κ1) is 21.0. The first-order chi connectivity index (χ1) is 13.6. The number of fused-ring (bicyclic) bond motifs is 1. The molecule has 3 rings (SSSR count). The van der Waals surface area contributed by atoms with E-state index in [1.165, 1.54) is 6.07 Å². The normalized spacial score (nSPS) is 14.8. The van der Waals surface area contributed by atoms with E-state index >= 15 is 0 Å². The minimum atomic E-state index is -0.703. The van der Waals surface area contributed by atoms with Crippen LogP contribution in [-0.4, -0.2) is 41.0 Å². The molecule has 1 aliphatic rings. The molecule has 29 heavy (non-hydrogen) atoms. The molecule has 2 amide bonds. The Hall–Kier alpha value is -2.74. The van der Waals surface area contributed by atoms with Gasteiger partial charge in [-0.15, -0.1) is 0 Å². The van der Waals surface area contributed by atoms with E-state index < -0.39 is 17.4 Å². The highest BCUT2D eigenvalue weighted by Crippen LogP contribution is 2.27. The van der Waals surface area contributed by atoms with Gasteiger partial charge in [-0.05, 0) is 36.1 Å². The number of aromatic nitrogens is 2. The van der Waals surface area contributed by atoms with Crippen molar-refractivity contribution in [1.82, 2.24) is 25.5 Å². The van der Waals surface area contributed by atoms with Crippen molar-refractivity contribution < 1.29 is 14.0 Å². The van der Waals surface area contributed by atoms with Crippen molar-refractivity contribution in [3.63, 3.8) is 0 Å². The Kier molecular flexibility index (Phi) is 5.75. The lowest BCUT2D eigenvalue weighted by molar-refractivity contribution is -0.124. The Bertz CT molecular complexity index is 945. The Morgan fingerprint density at radius 1 is 1.31 bits per heavy atom. The van der Waals surface area contributed by atoms with E-state index in [2.05, 4.69) is 20.9 Å². The number of likely N-dealkylation sites (N-methyl/N-ethyl adjacent to an activating group) is 1. The molecule has 0 saturated carbocycles. The zero-order valence-corrected chi connectivity index (χ0v) is 17.5. The van der Waals surface area contributed by atoms with Crippen molar-refractivity contribution in [3.05, 3.63) is 41.0 Å². The van der Waals surface area contributed by atoms with E-state index in [-0.39, 0.29) is 17.4 Å². The fourth-order valence-electron chi connectivity index (χ4n) is 3.51. The van der Waals surface area contributed by atoms with E-state index in [4.69, 9.17) is 0 Å². The molecule has 0 spiro atoms. The standard InChI is InChI=1S/C21H28FN5O2/c1-12-10-13(6-7-14(12)22)18-25-16(15-11-24-8-9-27(15)18)19(28)26-17(20(29)23-5)21(2,3)4/h6-7,10,17,24H,8-9,11H2,1-5H3,(H,23,29)(H,26,28). The average Bonchev–Trinajstić information content (AvgIpc) is 3.06. The third kappa shape index (κ3) is 4.17. The van der Waals surface area contributed by atoms with Crippen molar-refractivity contribution in [3.8, 4) is 11.4 Å². The van der Waals surface area contributed by atoms with Crippen LogP contribution in [0.4, 0.5) is 4.39 Å². The molecule has 0 fully saturated rings. The maximum absolute atomic E-state index is 13.7. The number of carbonyl (C=O) groups is 2. The Morgan fingerprint density at radius 3 is 2.66 bits per heavy atom. The van der Waals surface area contributed by atoms with Crippen LogP contribution >= 0.6 is 0 Å². The number of imidazole rings is 1. The van der Waals surface area contributed by atoms with Crippen LogP contribution in [0.15, 0.2) is 18.2 Å². The monoisotopic (exact) mass is 401 g/mol. The molecule has 156 valence electrons. The van der Waals surface area contributed by atoms with Gasteiger partial charge in [0, 0.05) is 32.2 Å². The van der Waals surface area contributed by atoms with Crippen molar-refractivity contribution in [2.24, 2.45) is 5.41 Å². The van der Waals surface area contributed by atoms with E-state index in [1.54, 1.807) is 26.1 Å². The number of carbonyl (C=O) groups excluding carboxylic acids is 2. The van der Waals surface area contributed by atoms with Crippen LogP contribution in [0.3, 0.4) is 0 Å². The number of benzene rings is 1. The van der Waals surface area contributed by atoms with E-state index in [1.807, 2.05) is 25.3 Å². The molecule has 8 heteroatoms. The van der Waals surface area contributed by atoms with Crippen molar-refractivity contribution in [1.29, 1.82) is 0 Å². The second kappa shape index (κ2) is 7.94. The molecule has 0 radical (unpaired) electrons. The summed E-state index contributed by atoms with van der Waals surface area (Å²) in [6.45, 7) is 9.28. The van der Waals surface area contributed by atoms with Gasteiger partial charge in [-0.2, -0.15) is 0 Å². The summed E-state index contributed by atoms with van der Waals surface area (Å²) in [6.07, 6.45) is 0. The molecule has 0 saturated heterocycles. The molecule has 2 aromatic rings. The van der Waals surface area contributed by atoms with Crippen LogP contribution in [0.1, 0.15) is 42.5 Å². The molecular formula is C21H28FN5O2. The highest BCUT2D eigenvalue weighted by Gasteiger charge is 2.34. The van der Waals surface area contributed by atoms with Gasteiger partial charge in [-0.3, -0.25) is 9.59 Å². The molecule has 1 aromatic carbocycles. The summed E-state index contributed by atoms with van der Waals surface area (Å²) in [4.78, 5) is 30.0. The number of amides is 2. The van der Waals surface area contributed by atoms with Gasteiger partial charge < -0.3 is 20.5 Å². The van der Waals surface area contributed by atoms with Crippen LogP contribution in [0, 0.1) is 18.2 Å². The summed E-state index contributed by atoms with van der Waals surface area (Å²) in [6, 6.07) is 4.11. The molecule has 0 bridgehead atoms. The molecule has 1 atom stereocenters. The number of rotatable bonds is 4. The van der Waals surface area contributed by atoms with Gasteiger partial charge >= 0.3 is 0 Å². The smallest absolute Gasteiger partial charge is 0.272 e. The average molecular weight is 401 g/mol. The number of halogens is 1. The predicted molar refractivity (Wildman–Crippen MR) is 109 cm³/mol. The minimum absolute atomic E-state index is 0.258. The SMILES string of the molecule is CNC(=O)C(NC(=O)c1nc(-c2ccc(F)c(C)c2)n2c1CNCC2)C(C)(C)C. The third-order valence-corrected chi connectivity index (χ3v) is 5.16. The van der Waals surface area contributed by atoms with Gasteiger partial charge in [0.2, 0.25) is 5.91 Å². The highest BCUT2D eigenvalue weighted by molar-refractivity contribution is 5.97. The van der Waals surface area contributed by atoms with Crippen molar-refractivity contribution in [2.75, 3.05) is 13.6 Å². The summed E-state index contributed by atoms with van der Waals surface area (Å²) in [5, 5.41) is 8.71. The Morgan fingerprint density at radius 2 is 2.03 bits per heavy atom. The maximum atomic E-state index is 13.7. The summed E-state index contributed by atoms with van der Waals surface area (Å²) < 4.78 is 15.7. The van der Waals surface area contributed by atoms with Gasteiger partial charge in [0.05, 0.1) is 5.69 Å². The third-order valence-electron chi connectivity index (χ3n) is 5.16. The number of hydrogen-bond acceptors (Lipinski definition) is 4. The second-order valence-electron chi connectivity index (χ2n) is 8.41. The summed E-state index contributed by atoms with van der Waals surface area (Å²) in [5.74, 6) is -0.308. The van der Waals surface area contributed by atoms with Crippen molar-refractivity contribution >= 4 is 11.8 Å². The maximum Gasteiger partial charge on any atom is 0.272 e. The second-order valence-corrected chi connectivity index (χ2v) is 8.41. The van der Waals surface area contributed by atoms with Crippen LogP contribution in [0.5, 0.6) is 0 Å². The van der Waals surface area contributed by atoms with Crippen LogP contribution in [0.2, 0.25) is 0 Å². The molecule has 7 nitrogen and oxygen atoms in total. The first-order valence-electron chi connectivity index (χ1n) is 9.72. The molecule has 3 N–H and O–H groups in total. The van der Waals surface area contributed by atoms with Gasteiger partial charge in [0.1, 0.15) is 17.7 Å². The first-order valence-corrected chi connectivity index (χ1v) is 9.72. The molecular weight excluding hydrogens is 373 g/mol. The number of nitrogens with one attached hydrogen (secondary N) is 3. The van der Waals surface area contributed by atoms with E-state index in [0.29, 0.717) is 24.5 Å². The van der Waals surface area contributed by atoms with Gasteiger partial charge in [0.15, 0.2) is 5.69 Å². The highest BCUT2D eigenvalue weighted by atomic mass is 19.1. The van der Waals surface area contributed by atoms with E-state index in [0.717, 1.165) is 17.8 Å². The summed E-state index contributed by atoms with van der Waals surface area (Å²) >= 11 is 0. The zero-order chi connectivity index (χ0) is 21.3. The quantitative estimate of drug-likeness (QED) is 0.731. The molecule has 1 unspecified atom stereocenters. The lowest BCUT2D eigenvalue weighted by atomic mass is 9.86. The molecule has 2 heterocycles. The number of aryl methyl sites for hydroxylation is 1. The lowest BCUT2D eigenvalue weighted by Crippen LogP contribution is -2.53. The number of hydrogen-bond donors (Lipinski definition) is 3. The van der Waals surface area contributed by atoms with E-state index in [9.17, 15) is 14.0 Å². The Labute approximate surface area is 170 Å².